The van der Waals surface area contributed by atoms with Crippen molar-refractivity contribution in [1.82, 2.24) is 0 Å². The molecular weight excluding hydrogens is 204 g/mol. The first-order valence-corrected chi connectivity index (χ1v) is 4.79. The molecule has 0 bridgehead atoms. The summed E-state index contributed by atoms with van der Waals surface area (Å²) in [5.74, 6) is -0.0859. The number of azo groups is 1. The third-order valence-electron chi connectivity index (χ3n) is 2.05. The fourth-order valence-electron chi connectivity index (χ4n) is 1.28. The molecule has 0 saturated carbocycles. The number of hydrogen-bond donors (Lipinski definition) is 1. The van der Waals surface area contributed by atoms with Crippen molar-refractivity contribution >= 4 is 11.4 Å². The van der Waals surface area contributed by atoms with Crippen molar-refractivity contribution in [3.8, 4) is 5.75 Å². The van der Waals surface area contributed by atoms with Crippen molar-refractivity contribution in [2.45, 2.75) is 0 Å². The summed E-state index contributed by atoms with van der Waals surface area (Å²) in [6.45, 7) is 0. The minimum Gasteiger partial charge on any atom is -0.594 e. The predicted molar refractivity (Wildman–Crippen MR) is 59.9 cm³/mol. The average Bonchev–Trinajstić information content (AvgIpc) is 2.31. The van der Waals surface area contributed by atoms with Gasteiger partial charge in [0, 0.05) is 11.2 Å². The van der Waals surface area contributed by atoms with Gasteiger partial charge in [0.05, 0.1) is 0 Å². The van der Waals surface area contributed by atoms with Gasteiger partial charge in [0.15, 0.2) is 5.75 Å². The standard InChI is InChI=1S/C12H10N2O2/c15-12-9-5-4-8-11(12)14(16)13-10-6-2-1-3-7-10/h1-9,15H. The predicted octanol–water partition coefficient (Wildman–Crippen LogP) is 3.32. The molecule has 4 heteroatoms. The molecule has 0 heterocycles. The summed E-state index contributed by atoms with van der Waals surface area (Å²) in [5, 5.41) is 24.9. The molecule has 0 fully saturated rings. The molecule has 1 N–H and O–H groups in total. The Morgan fingerprint density at radius 3 is 2.25 bits per heavy atom. The molecule has 2 aromatic rings. The Morgan fingerprint density at radius 1 is 0.938 bits per heavy atom. The second-order valence-corrected chi connectivity index (χ2v) is 3.20. The first-order valence-electron chi connectivity index (χ1n) is 4.79. The van der Waals surface area contributed by atoms with Crippen LogP contribution in [0.5, 0.6) is 5.75 Å². The summed E-state index contributed by atoms with van der Waals surface area (Å²) < 4.78 is 0. The lowest BCUT2D eigenvalue weighted by molar-refractivity contribution is -0.436. The quantitative estimate of drug-likeness (QED) is 0.473. The smallest absolute Gasteiger partial charge is 0.286 e. The van der Waals surface area contributed by atoms with Crippen molar-refractivity contribution in [3.63, 3.8) is 0 Å². The molecule has 2 rings (SSSR count). The molecule has 0 radical (unpaired) electrons. The minimum absolute atomic E-state index is 0.0859. The fourth-order valence-corrected chi connectivity index (χ4v) is 1.28. The van der Waals surface area contributed by atoms with Crippen LogP contribution < -0.4 is 0 Å². The van der Waals surface area contributed by atoms with Gasteiger partial charge in [-0.15, -0.1) is 0 Å². The number of phenolic OH excluding ortho intramolecular Hbond substituents is 1. The third kappa shape index (κ3) is 2.17. The molecule has 0 spiro atoms. The van der Waals surface area contributed by atoms with E-state index in [1.165, 1.54) is 12.1 Å². The van der Waals surface area contributed by atoms with Gasteiger partial charge < -0.3 is 10.3 Å². The van der Waals surface area contributed by atoms with Crippen molar-refractivity contribution in [3.05, 3.63) is 59.8 Å². The number of benzene rings is 2. The molecular formula is C12H10N2O2. The Kier molecular flexibility index (Phi) is 2.82. The van der Waals surface area contributed by atoms with Gasteiger partial charge in [0.1, 0.15) is 5.69 Å². The lowest BCUT2D eigenvalue weighted by Gasteiger charge is -2.00. The van der Waals surface area contributed by atoms with Crippen LogP contribution in [0.4, 0.5) is 11.4 Å². The van der Waals surface area contributed by atoms with E-state index in [1.54, 1.807) is 36.4 Å². The zero-order valence-electron chi connectivity index (χ0n) is 8.45. The molecule has 0 aliphatic carbocycles. The normalized spacial score (nSPS) is 11.4. The first-order chi connectivity index (χ1) is 7.77. The summed E-state index contributed by atoms with van der Waals surface area (Å²) in [7, 11) is 0. The second kappa shape index (κ2) is 4.44. The number of phenols is 1. The monoisotopic (exact) mass is 214 g/mol. The summed E-state index contributed by atoms with van der Waals surface area (Å²) in [6, 6.07) is 15.1. The zero-order chi connectivity index (χ0) is 11.4. The fraction of sp³-hybridized carbons (Fsp3) is 0. The zero-order valence-corrected chi connectivity index (χ0v) is 8.45. The van der Waals surface area contributed by atoms with Crippen molar-refractivity contribution in [2.24, 2.45) is 5.11 Å². The highest BCUT2D eigenvalue weighted by atomic mass is 16.5. The Balaban J connectivity index is 2.36. The summed E-state index contributed by atoms with van der Waals surface area (Å²) >= 11 is 0. The van der Waals surface area contributed by atoms with E-state index < -0.39 is 0 Å². The summed E-state index contributed by atoms with van der Waals surface area (Å²) in [5.41, 5.74) is 0.673. The van der Waals surface area contributed by atoms with Crippen LogP contribution in [0.15, 0.2) is 59.7 Å². The van der Waals surface area contributed by atoms with E-state index in [-0.39, 0.29) is 11.4 Å². The molecule has 0 aliphatic rings. The van der Waals surface area contributed by atoms with Gasteiger partial charge in [-0.1, -0.05) is 30.3 Å². The number of hydrogen-bond acceptors (Lipinski definition) is 3. The highest BCUT2D eigenvalue weighted by molar-refractivity contribution is 5.44. The van der Waals surface area contributed by atoms with Gasteiger partial charge in [-0.2, -0.15) is 0 Å². The van der Waals surface area contributed by atoms with Crippen LogP contribution in [0.3, 0.4) is 0 Å². The highest BCUT2D eigenvalue weighted by Gasteiger charge is 2.09. The van der Waals surface area contributed by atoms with Gasteiger partial charge in [0.2, 0.25) is 0 Å². The number of para-hydroxylation sites is 2. The van der Waals surface area contributed by atoms with Gasteiger partial charge in [-0.05, 0) is 23.1 Å². The molecule has 0 atom stereocenters. The Hall–Kier alpha value is -2.36. The van der Waals surface area contributed by atoms with E-state index in [9.17, 15) is 10.3 Å². The number of nitrogens with zero attached hydrogens (tertiary/aromatic N) is 2. The van der Waals surface area contributed by atoms with Crippen LogP contribution in [-0.4, -0.2) is 9.97 Å². The van der Waals surface area contributed by atoms with Gasteiger partial charge in [-0.25, -0.2) is 0 Å². The van der Waals surface area contributed by atoms with Crippen molar-refractivity contribution in [1.29, 1.82) is 0 Å². The first kappa shape index (κ1) is 10.2. The third-order valence-corrected chi connectivity index (χ3v) is 2.05. The van der Waals surface area contributed by atoms with E-state index in [0.717, 1.165) is 0 Å². The van der Waals surface area contributed by atoms with E-state index in [1.807, 2.05) is 6.07 Å². The molecule has 0 aromatic heterocycles. The van der Waals surface area contributed by atoms with Crippen LogP contribution in [-0.2, 0) is 0 Å². The molecule has 0 aliphatic heterocycles. The van der Waals surface area contributed by atoms with Crippen LogP contribution in [0.2, 0.25) is 0 Å². The molecule has 16 heavy (non-hydrogen) atoms. The van der Waals surface area contributed by atoms with Gasteiger partial charge in [0.25, 0.3) is 5.69 Å². The van der Waals surface area contributed by atoms with Gasteiger partial charge in [-0.3, -0.25) is 0 Å². The van der Waals surface area contributed by atoms with E-state index in [0.29, 0.717) is 10.5 Å². The van der Waals surface area contributed by atoms with E-state index in [2.05, 4.69) is 5.11 Å². The second-order valence-electron chi connectivity index (χ2n) is 3.20. The Labute approximate surface area is 92.7 Å². The van der Waals surface area contributed by atoms with Crippen molar-refractivity contribution in [2.75, 3.05) is 0 Å². The van der Waals surface area contributed by atoms with E-state index in [4.69, 9.17) is 0 Å². The summed E-state index contributed by atoms with van der Waals surface area (Å²) in [6.07, 6.45) is 0. The van der Waals surface area contributed by atoms with Crippen molar-refractivity contribution < 1.29 is 9.97 Å². The molecule has 0 amide bonds. The number of rotatable bonds is 2. The summed E-state index contributed by atoms with van der Waals surface area (Å²) in [4.78, 5) is 0.407. The Bertz CT molecular complexity index is 509. The van der Waals surface area contributed by atoms with Gasteiger partial charge >= 0.3 is 0 Å². The van der Waals surface area contributed by atoms with Crippen LogP contribution in [0, 0.1) is 5.21 Å². The van der Waals surface area contributed by atoms with Crippen LogP contribution >= 0.6 is 0 Å². The van der Waals surface area contributed by atoms with Crippen LogP contribution in [0.25, 0.3) is 0 Å². The SMILES string of the molecule is [O-][N+](=Nc1ccccc1)c1ccccc1O. The lowest BCUT2D eigenvalue weighted by Crippen LogP contribution is -1.90. The maximum Gasteiger partial charge on any atom is 0.286 e. The molecule has 2 aromatic carbocycles. The Morgan fingerprint density at radius 2 is 1.56 bits per heavy atom. The largest absolute Gasteiger partial charge is 0.594 e. The molecule has 0 unspecified atom stereocenters. The molecule has 80 valence electrons. The van der Waals surface area contributed by atoms with E-state index >= 15 is 0 Å². The lowest BCUT2D eigenvalue weighted by atomic mass is 10.3. The topological polar surface area (TPSA) is 58.7 Å². The number of aromatic hydroxyl groups is 1. The average molecular weight is 214 g/mol. The van der Waals surface area contributed by atoms with Crippen LogP contribution in [0.1, 0.15) is 0 Å². The maximum absolute atomic E-state index is 11.6. The highest BCUT2D eigenvalue weighted by Crippen LogP contribution is 2.26. The maximum atomic E-state index is 11.6. The molecule has 4 nitrogen and oxygen atoms in total. The molecule has 0 saturated heterocycles. The minimum atomic E-state index is -0.0859.